The average molecular weight is 390 g/mol. The second-order valence-corrected chi connectivity index (χ2v) is 7.41. The summed E-state index contributed by atoms with van der Waals surface area (Å²) in [6, 6.07) is 18.4. The molecule has 0 saturated carbocycles. The molecule has 0 spiro atoms. The number of thiazole rings is 1. The van der Waals surface area contributed by atoms with Crippen molar-refractivity contribution in [3.8, 4) is 22.1 Å². The number of ether oxygens (including phenoxy) is 1. The highest BCUT2D eigenvalue weighted by Gasteiger charge is 2.17. The molecule has 4 rings (SSSR count). The molecule has 0 bridgehead atoms. The number of aryl methyl sites for hydroxylation is 1. The Balaban J connectivity index is 1.57. The first-order valence-electron chi connectivity index (χ1n) is 8.70. The van der Waals surface area contributed by atoms with Gasteiger partial charge in [0, 0.05) is 11.3 Å². The molecule has 0 aliphatic heterocycles. The number of aromatic nitrogens is 1. The fourth-order valence-corrected chi connectivity index (χ4v) is 4.03. The summed E-state index contributed by atoms with van der Waals surface area (Å²) in [4.78, 5) is 17.2. The number of methoxy groups -OCH3 is 1. The zero-order chi connectivity index (χ0) is 19.7. The quantitative estimate of drug-likeness (QED) is 0.500. The lowest BCUT2D eigenvalue weighted by Gasteiger charge is -2.11. The maximum Gasteiger partial charge on any atom is 0.263 e. The number of phenols is 1. The Hall–Kier alpha value is -3.38. The van der Waals surface area contributed by atoms with E-state index in [2.05, 4.69) is 29.4 Å². The standard InChI is InChI=1S/C22H18N2O3S/c1-13-6-11-16-19(12-13)28-22(24-16)14-7-9-15(10-8-14)23-21(26)20-17(25)4-3-5-18(20)27-2/h3-12,25H,1-2H3,(H,23,26). The number of nitrogens with one attached hydrogen (secondary N) is 1. The molecule has 0 aliphatic rings. The molecule has 0 unspecified atom stereocenters. The Bertz CT molecular complexity index is 1170. The van der Waals surface area contributed by atoms with Gasteiger partial charge in [-0.3, -0.25) is 4.79 Å². The highest BCUT2D eigenvalue weighted by atomic mass is 32.1. The van der Waals surface area contributed by atoms with Gasteiger partial charge in [0.2, 0.25) is 0 Å². The van der Waals surface area contributed by atoms with Gasteiger partial charge in [-0.1, -0.05) is 12.1 Å². The highest BCUT2D eigenvalue weighted by Crippen LogP contribution is 2.32. The van der Waals surface area contributed by atoms with Gasteiger partial charge in [-0.15, -0.1) is 11.3 Å². The molecule has 0 radical (unpaired) electrons. The Morgan fingerprint density at radius 1 is 1.11 bits per heavy atom. The van der Waals surface area contributed by atoms with E-state index >= 15 is 0 Å². The molecule has 5 nitrogen and oxygen atoms in total. The number of anilines is 1. The summed E-state index contributed by atoms with van der Waals surface area (Å²) in [5.41, 5.74) is 3.90. The van der Waals surface area contributed by atoms with Gasteiger partial charge in [0.1, 0.15) is 22.1 Å². The van der Waals surface area contributed by atoms with Gasteiger partial charge in [0.25, 0.3) is 5.91 Å². The minimum absolute atomic E-state index is 0.107. The molecule has 1 heterocycles. The summed E-state index contributed by atoms with van der Waals surface area (Å²) < 4.78 is 6.32. The van der Waals surface area contributed by atoms with Gasteiger partial charge in [0.15, 0.2) is 0 Å². The Kier molecular flexibility index (Phi) is 4.71. The molecule has 0 fully saturated rings. The maximum absolute atomic E-state index is 12.6. The molecular weight excluding hydrogens is 372 g/mol. The molecule has 0 atom stereocenters. The zero-order valence-corrected chi connectivity index (χ0v) is 16.2. The van der Waals surface area contributed by atoms with Gasteiger partial charge >= 0.3 is 0 Å². The highest BCUT2D eigenvalue weighted by molar-refractivity contribution is 7.21. The molecule has 0 saturated heterocycles. The second-order valence-electron chi connectivity index (χ2n) is 6.38. The molecular formula is C22H18N2O3S. The first-order valence-corrected chi connectivity index (χ1v) is 9.52. The van der Waals surface area contributed by atoms with Crippen LogP contribution in [0.5, 0.6) is 11.5 Å². The Morgan fingerprint density at radius 2 is 1.89 bits per heavy atom. The summed E-state index contributed by atoms with van der Waals surface area (Å²) in [5.74, 6) is -0.240. The Morgan fingerprint density at radius 3 is 2.64 bits per heavy atom. The van der Waals surface area contributed by atoms with Gasteiger partial charge in [-0.05, 0) is 61.0 Å². The monoisotopic (exact) mass is 390 g/mol. The van der Waals surface area contributed by atoms with Crippen molar-refractivity contribution in [2.45, 2.75) is 6.92 Å². The van der Waals surface area contributed by atoms with Crippen molar-refractivity contribution >= 4 is 33.1 Å². The molecule has 1 amide bonds. The van der Waals surface area contributed by atoms with Gasteiger partial charge in [0.05, 0.1) is 17.3 Å². The molecule has 0 aliphatic carbocycles. The van der Waals surface area contributed by atoms with Crippen LogP contribution in [0.3, 0.4) is 0 Å². The smallest absolute Gasteiger partial charge is 0.263 e. The molecule has 3 aromatic carbocycles. The van der Waals surface area contributed by atoms with Crippen molar-refractivity contribution < 1.29 is 14.6 Å². The number of phenolic OH excluding ortho intramolecular Hbond substituents is 1. The topological polar surface area (TPSA) is 71.5 Å². The van der Waals surface area contributed by atoms with Crippen LogP contribution in [0.1, 0.15) is 15.9 Å². The lowest BCUT2D eigenvalue weighted by Crippen LogP contribution is -2.13. The number of fused-ring (bicyclic) bond motifs is 1. The number of aromatic hydroxyl groups is 1. The molecule has 28 heavy (non-hydrogen) atoms. The molecule has 2 N–H and O–H groups in total. The van der Waals surface area contributed by atoms with Crippen LogP contribution in [-0.4, -0.2) is 23.1 Å². The van der Waals surface area contributed by atoms with Crippen LogP contribution in [0.15, 0.2) is 60.7 Å². The van der Waals surface area contributed by atoms with E-state index in [-0.39, 0.29) is 11.3 Å². The fourth-order valence-electron chi connectivity index (χ4n) is 2.96. The molecule has 140 valence electrons. The van der Waals surface area contributed by atoms with Crippen molar-refractivity contribution in [2.24, 2.45) is 0 Å². The summed E-state index contributed by atoms with van der Waals surface area (Å²) in [6.45, 7) is 2.07. The van der Waals surface area contributed by atoms with Crippen LogP contribution in [0.4, 0.5) is 5.69 Å². The van der Waals surface area contributed by atoms with E-state index < -0.39 is 5.91 Å². The number of carbonyl (C=O) groups excluding carboxylic acids is 1. The van der Waals surface area contributed by atoms with Crippen molar-refractivity contribution in [3.05, 3.63) is 71.8 Å². The van der Waals surface area contributed by atoms with Gasteiger partial charge in [-0.2, -0.15) is 0 Å². The van der Waals surface area contributed by atoms with E-state index in [0.29, 0.717) is 11.4 Å². The molecule has 6 heteroatoms. The summed E-state index contributed by atoms with van der Waals surface area (Å²) >= 11 is 1.64. The van der Waals surface area contributed by atoms with E-state index in [4.69, 9.17) is 4.74 Å². The third-order valence-corrected chi connectivity index (χ3v) is 5.45. The minimum atomic E-state index is -0.432. The van der Waals surface area contributed by atoms with Gasteiger partial charge < -0.3 is 15.2 Å². The van der Waals surface area contributed by atoms with Crippen molar-refractivity contribution in [3.63, 3.8) is 0 Å². The second kappa shape index (κ2) is 7.32. The average Bonchev–Trinajstić information content (AvgIpc) is 3.11. The number of rotatable bonds is 4. The number of carbonyl (C=O) groups is 1. The van der Waals surface area contributed by atoms with Crippen molar-refractivity contribution in [1.82, 2.24) is 4.98 Å². The van der Waals surface area contributed by atoms with Crippen molar-refractivity contribution in [1.29, 1.82) is 0 Å². The van der Waals surface area contributed by atoms with E-state index in [0.717, 1.165) is 20.8 Å². The third kappa shape index (κ3) is 3.42. The van der Waals surface area contributed by atoms with Crippen molar-refractivity contribution in [2.75, 3.05) is 12.4 Å². The molecule has 4 aromatic rings. The number of amides is 1. The van der Waals surface area contributed by atoms with Crippen LogP contribution in [0.25, 0.3) is 20.8 Å². The zero-order valence-electron chi connectivity index (χ0n) is 15.4. The number of hydrogen-bond donors (Lipinski definition) is 2. The van der Waals surface area contributed by atoms with Crippen LogP contribution in [0.2, 0.25) is 0 Å². The van der Waals surface area contributed by atoms with E-state index in [9.17, 15) is 9.90 Å². The van der Waals surface area contributed by atoms with Crippen LogP contribution < -0.4 is 10.1 Å². The number of benzene rings is 3. The lowest BCUT2D eigenvalue weighted by atomic mass is 10.1. The van der Waals surface area contributed by atoms with E-state index in [1.807, 2.05) is 30.3 Å². The predicted octanol–water partition coefficient (Wildman–Crippen LogP) is 5.24. The number of hydrogen-bond acceptors (Lipinski definition) is 5. The maximum atomic E-state index is 12.6. The van der Waals surface area contributed by atoms with E-state index in [1.165, 1.54) is 18.7 Å². The first kappa shape index (κ1) is 18.0. The summed E-state index contributed by atoms with van der Waals surface area (Å²) in [6.07, 6.45) is 0. The number of nitrogens with zero attached hydrogens (tertiary/aromatic N) is 1. The van der Waals surface area contributed by atoms with Crippen LogP contribution in [-0.2, 0) is 0 Å². The largest absolute Gasteiger partial charge is 0.507 e. The summed E-state index contributed by atoms with van der Waals surface area (Å²) in [5, 5.41) is 13.7. The fraction of sp³-hybridized carbons (Fsp3) is 0.0909. The predicted molar refractivity (Wildman–Crippen MR) is 112 cm³/mol. The van der Waals surface area contributed by atoms with E-state index in [1.54, 1.807) is 23.5 Å². The normalized spacial score (nSPS) is 10.8. The first-order chi connectivity index (χ1) is 13.5. The lowest BCUT2D eigenvalue weighted by molar-refractivity contribution is 0.102. The minimum Gasteiger partial charge on any atom is -0.507 e. The SMILES string of the molecule is COc1cccc(O)c1C(=O)Nc1ccc(-c2nc3ccc(C)cc3s2)cc1. The third-order valence-electron chi connectivity index (χ3n) is 4.38. The Labute approximate surface area is 166 Å². The summed E-state index contributed by atoms with van der Waals surface area (Å²) in [7, 11) is 1.46. The van der Waals surface area contributed by atoms with Gasteiger partial charge in [-0.25, -0.2) is 4.98 Å². The van der Waals surface area contributed by atoms with Crippen LogP contribution >= 0.6 is 11.3 Å². The molecule has 1 aromatic heterocycles. The van der Waals surface area contributed by atoms with Crippen LogP contribution in [0, 0.1) is 6.92 Å².